The molecule has 2 aromatic carbocycles. The van der Waals surface area contributed by atoms with Crippen LogP contribution in [0.25, 0.3) is 10.6 Å². The summed E-state index contributed by atoms with van der Waals surface area (Å²) < 4.78 is 52.6. The molecule has 8 nitrogen and oxygen atoms in total. The Hall–Kier alpha value is -2.60. The number of aryl methyl sites for hydroxylation is 1. The second-order valence-electron chi connectivity index (χ2n) is 6.96. The van der Waals surface area contributed by atoms with E-state index in [0.717, 1.165) is 10.00 Å². The number of rotatable bonds is 7. The fourth-order valence-electron chi connectivity index (χ4n) is 2.70. The van der Waals surface area contributed by atoms with Gasteiger partial charge in [0.25, 0.3) is 10.0 Å². The Morgan fingerprint density at radius 2 is 1.71 bits per heavy atom. The predicted molar refractivity (Wildman–Crippen MR) is 119 cm³/mol. The Morgan fingerprint density at radius 1 is 1.03 bits per heavy atom. The second kappa shape index (κ2) is 8.87. The van der Waals surface area contributed by atoms with E-state index >= 15 is 0 Å². The van der Waals surface area contributed by atoms with Crippen molar-refractivity contribution in [3.8, 4) is 10.6 Å². The highest BCUT2D eigenvalue weighted by Crippen LogP contribution is 2.25. The molecule has 11 heteroatoms. The van der Waals surface area contributed by atoms with Gasteiger partial charge in [-0.15, -0.1) is 11.3 Å². The van der Waals surface area contributed by atoms with Crippen molar-refractivity contribution in [3.05, 3.63) is 65.2 Å². The average molecular weight is 480 g/mol. The summed E-state index contributed by atoms with van der Waals surface area (Å²) in [6.07, 6.45) is -0.215. The van der Waals surface area contributed by atoms with Gasteiger partial charge in [0, 0.05) is 30.7 Å². The number of benzene rings is 2. The third kappa shape index (κ3) is 5.37. The minimum Gasteiger partial charge on any atom is -0.274 e. The van der Waals surface area contributed by atoms with E-state index in [-0.39, 0.29) is 16.2 Å². The van der Waals surface area contributed by atoms with Gasteiger partial charge in [0.2, 0.25) is 15.9 Å². The molecule has 0 radical (unpaired) electrons. The lowest BCUT2D eigenvalue weighted by Gasteiger charge is -2.12. The Bertz CT molecular complexity index is 1310. The Labute approximate surface area is 185 Å². The molecule has 0 saturated carbocycles. The number of nitrogens with one attached hydrogen (secondary N) is 1. The van der Waals surface area contributed by atoms with Gasteiger partial charge < -0.3 is 0 Å². The highest BCUT2D eigenvalue weighted by Gasteiger charge is 2.20. The van der Waals surface area contributed by atoms with Crippen molar-refractivity contribution < 1.29 is 21.6 Å². The maximum absolute atomic E-state index is 12.6. The van der Waals surface area contributed by atoms with E-state index in [2.05, 4.69) is 9.71 Å². The van der Waals surface area contributed by atoms with E-state index in [1.807, 2.05) is 12.3 Å². The zero-order valence-corrected chi connectivity index (χ0v) is 19.5. The lowest BCUT2D eigenvalue weighted by molar-refractivity contribution is -0.118. The number of aromatic nitrogens is 1. The molecule has 0 saturated heterocycles. The van der Waals surface area contributed by atoms with E-state index in [1.165, 1.54) is 61.8 Å². The van der Waals surface area contributed by atoms with Crippen LogP contribution in [0.4, 0.5) is 0 Å². The van der Waals surface area contributed by atoms with E-state index < -0.39 is 26.0 Å². The summed E-state index contributed by atoms with van der Waals surface area (Å²) in [5, 5.41) is 2.56. The van der Waals surface area contributed by atoms with Crippen LogP contribution < -0.4 is 4.72 Å². The highest BCUT2D eigenvalue weighted by molar-refractivity contribution is 7.90. The molecule has 3 rings (SSSR count). The number of hydrogen-bond donors (Lipinski definition) is 1. The molecule has 0 atom stereocenters. The van der Waals surface area contributed by atoms with Crippen molar-refractivity contribution in [2.24, 2.45) is 0 Å². The van der Waals surface area contributed by atoms with E-state index in [9.17, 15) is 21.6 Å². The van der Waals surface area contributed by atoms with Crippen molar-refractivity contribution in [1.82, 2.24) is 14.0 Å². The number of carbonyl (C=O) groups excluding carboxylic acids is 1. The van der Waals surface area contributed by atoms with Crippen LogP contribution in [0, 0.1) is 6.92 Å². The van der Waals surface area contributed by atoms with Crippen LogP contribution in [-0.2, 0) is 31.3 Å². The molecule has 1 heterocycles. The first-order chi connectivity index (χ1) is 14.5. The average Bonchev–Trinajstić information content (AvgIpc) is 3.14. The standard InChI is InChI=1S/C20H21N3O5S3/c1-14-13-29-20(21-14)16-5-4-6-18(12-16)30(25,26)22-19(24)11-15-7-9-17(10-8-15)31(27,28)23(2)3/h4-10,12-13H,11H2,1-3H3,(H,22,24). The van der Waals surface area contributed by atoms with E-state index in [1.54, 1.807) is 12.1 Å². The first-order valence-electron chi connectivity index (χ1n) is 9.09. The van der Waals surface area contributed by atoms with Crippen LogP contribution in [0.1, 0.15) is 11.3 Å². The number of carbonyl (C=O) groups is 1. The molecule has 0 unspecified atom stereocenters. The van der Waals surface area contributed by atoms with Gasteiger partial charge in [-0.25, -0.2) is 30.8 Å². The number of amides is 1. The lowest BCUT2D eigenvalue weighted by atomic mass is 10.1. The monoisotopic (exact) mass is 479 g/mol. The van der Waals surface area contributed by atoms with Crippen LogP contribution in [-0.4, -0.2) is 46.1 Å². The fraction of sp³-hybridized carbons (Fsp3) is 0.200. The Kier molecular flexibility index (Phi) is 6.60. The van der Waals surface area contributed by atoms with Crippen LogP contribution in [0.15, 0.2) is 63.7 Å². The molecule has 3 aromatic rings. The predicted octanol–water partition coefficient (Wildman–Crippen LogP) is 2.42. The second-order valence-corrected chi connectivity index (χ2v) is 11.7. The summed E-state index contributed by atoms with van der Waals surface area (Å²) in [4.78, 5) is 16.7. The van der Waals surface area contributed by atoms with Crippen molar-refractivity contribution >= 4 is 37.3 Å². The third-order valence-corrected chi connectivity index (χ3v) is 8.53. The molecule has 0 bridgehead atoms. The lowest BCUT2D eigenvalue weighted by Crippen LogP contribution is -2.31. The summed E-state index contributed by atoms with van der Waals surface area (Å²) in [6, 6.07) is 11.9. The fourth-order valence-corrected chi connectivity index (χ4v) is 5.43. The first kappa shape index (κ1) is 23.1. The number of nitrogens with zero attached hydrogens (tertiary/aromatic N) is 2. The highest BCUT2D eigenvalue weighted by atomic mass is 32.2. The van der Waals surface area contributed by atoms with Crippen molar-refractivity contribution in [2.45, 2.75) is 23.1 Å². The Morgan fingerprint density at radius 3 is 2.29 bits per heavy atom. The summed E-state index contributed by atoms with van der Waals surface area (Å²) in [6.45, 7) is 1.85. The van der Waals surface area contributed by atoms with Gasteiger partial charge in [0.05, 0.1) is 16.2 Å². The maximum Gasteiger partial charge on any atom is 0.264 e. The first-order valence-corrected chi connectivity index (χ1v) is 12.9. The number of hydrogen-bond acceptors (Lipinski definition) is 7. The summed E-state index contributed by atoms with van der Waals surface area (Å²) in [5.74, 6) is -0.723. The van der Waals surface area contributed by atoms with Crippen LogP contribution in [0.5, 0.6) is 0 Å². The minimum atomic E-state index is -4.07. The van der Waals surface area contributed by atoms with Gasteiger partial charge in [-0.05, 0) is 36.8 Å². The normalized spacial score (nSPS) is 12.1. The van der Waals surface area contributed by atoms with Crippen LogP contribution >= 0.6 is 11.3 Å². The summed E-state index contributed by atoms with van der Waals surface area (Å²) in [5.41, 5.74) is 1.97. The molecule has 31 heavy (non-hydrogen) atoms. The molecule has 0 spiro atoms. The van der Waals surface area contributed by atoms with Crippen molar-refractivity contribution in [3.63, 3.8) is 0 Å². The van der Waals surface area contributed by atoms with E-state index in [0.29, 0.717) is 16.1 Å². The molecule has 0 fully saturated rings. The quantitative estimate of drug-likeness (QED) is 0.557. The van der Waals surface area contributed by atoms with Crippen LogP contribution in [0.3, 0.4) is 0 Å². The van der Waals surface area contributed by atoms with Crippen molar-refractivity contribution in [1.29, 1.82) is 0 Å². The molecule has 0 aliphatic rings. The zero-order chi connectivity index (χ0) is 22.8. The Balaban J connectivity index is 1.73. The molecule has 0 aliphatic heterocycles. The van der Waals surface area contributed by atoms with Gasteiger partial charge in [0.15, 0.2) is 0 Å². The topological polar surface area (TPSA) is 114 Å². The largest absolute Gasteiger partial charge is 0.274 e. The molecule has 1 aromatic heterocycles. The van der Waals surface area contributed by atoms with E-state index in [4.69, 9.17) is 0 Å². The van der Waals surface area contributed by atoms with Gasteiger partial charge in [0.1, 0.15) is 5.01 Å². The minimum absolute atomic E-state index is 0.0429. The summed E-state index contributed by atoms with van der Waals surface area (Å²) >= 11 is 1.40. The smallest absolute Gasteiger partial charge is 0.264 e. The molecular formula is C20H21N3O5S3. The molecule has 0 aliphatic carbocycles. The zero-order valence-electron chi connectivity index (χ0n) is 17.1. The van der Waals surface area contributed by atoms with Gasteiger partial charge >= 0.3 is 0 Å². The number of thiazole rings is 1. The third-order valence-electron chi connectivity index (χ3n) is 4.33. The van der Waals surface area contributed by atoms with Crippen molar-refractivity contribution in [2.75, 3.05) is 14.1 Å². The molecule has 164 valence electrons. The molecule has 1 N–H and O–H groups in total. The molecular weight excluding hydrogens is 458 g/mol. The molecule has 1 amide bonds. The van der Waals surface area contributed by atoms with Crippen LogP contribution in [0.2, 0.25) is 0 Å². The van der Waals surface area contributed by atoms with Gasteiger partial charge in [-0.3, -0.25) is 4.79 Å². The summed E-state index contributed by atoms with van der Waals surface area (Å²) in [7, 11) is -4.81. The van der Waals surface area contributed by atoms with Gasteiger partial charge in [-0.1, -0.05) is 24.3 Å². The number of sulfonamides is 2. The SMILES string of the molecule is Cc1csc(-c2cccc(S(=O)(=O)NC(=O)Cc3ccc(S(=O)(=O)N(C)C)cc3)c2)n1. The maximum atomic E-state index is 12.6. The van der Waals surface area contributed by atoms with Gasteiger partial charge in [-0.2, -0.15) is 0 Å².